The highest BCUT2D eigenvalue weighted by Gasteiger charge is 2.03. The van der Waals surface area contributed by atoms with Crippen molar-refractivity contribution in [3.63, 3.8) is 0 Å². The fourth-order valence-electron chi connectivity index (χ4n) is 0.931. The van der Waals surface area contributed by atoms with Crippen molar-refractivity contribution >= 4 is 0 Å². The monoisotopic (exact) mass is 134 g/mol. The van der Waals surface area contributed by atoms with Crippen molar-refractivity contribution in [3.8, 4) is 0 Å². The van der Waals surface area contributed by atoms with Crippen molar-refractivity contribution in [1.29, 1.82) is 0 Å². The minimum absolute atomic E-state index is 0.659. The Morgan fingerprint density at radius 1 is 1.40 bits per heavy atom. The number of rotatable bonds is 1. The molecule has 1 unspecified atom stereocenters. The van der Waals surface area contributed by atoms with Gasteiger partial charge in [-0.3, -0.25) is 0 Å². The summed E-state index contributed by atoms with van der Waals surface area (Å²) in [5.74, 6) is 0. The molecular weight excluding hydrogens is 124 g/mol. The predicted molar refractivity (Wildman–Crippen MR) is 40.0 cm³/mol. The summed E-state index contributed by atoms with van der Waals surface area (Å²) in [4.78, 5) is 0. The first-order valence-electron chi connectivity index (χ1n) is 3.28. The Balaban J connectivity index is 3.03. The summed E-state index contributed by atoms with van der Waals surface area (Å²) in [6.07, 6.45) is -0.659. The summed E-state index contributed by atoms with van der Waals surface area (Å²) < 4.78 is 0. The number of benzene rings is 1. The van der Waals surface area contributed by atoms with Crippen molar-refractivity contribution in [2.24, 2.45) is 0 Å². The van der Waals surface area contributed by atoms with Crippen LogP contribution in [0.4, 0.5) is 0 Å². The summed E-state index contributed by atoms with van der Waals surface area (Å²) in [7, 11) is 0. The largest absolute Gasteiger partial charge is 0.228 e. The molecule has 0 N–H and O–H groups in total. The maximum Gasteiger partial charge on any atom is 0.115 e. The van der Waals surface area contributed by atoms with Crippen LogP contribution >= 0.6 is 0 Å². The highest BCUT2D eigenvalue weighted by molar-refractivity contribution is 5.30. The van der Waals surface area contributed by atoms with Crippen LogP contribution in [0.15, 0.2) is 24.3 Å². The molecule has 0 spiro atoms. The second-order valence-electron chi connectivity index (χ2n) is 2.34. The molecule has 10 heavy (non-hydrogen) atoms. The lowest BCUT2D eigenvalue weighted by atomic mass is 10.1. The lowest BCUT2D eigenvalue weighted by Crippen LogP contribution is -1.91. The summed E-state index contributed by atoms with van der Waals surface area (Å²) in [6, 6.07) is 7.41. The number of hydrogen-bond acceptors (Lipinski definition) is 0. The van der Waals surface area contributed by atoms with Gasteiger partial charge in [0, 0.05) is 0 Å². The Labute approximate surface area is 61.3 Å². The van der Waals surface area contributed by atoms with Gasteiger partial charge in [0.15, 0.2) is 0 Å². The first-order chi connectivity index (χ1) is 4.72. The molecule has 1 nitrogen and oxygen atoms in total. The van der Waals surface area contributed by atoms with Crippen LogP contribution in [0.3, 0.4) is 0 Å². The van der Waals surface area contributed by atoms with E-state index in [0.717, 1.165) is 11.1 Å². The van der Waals surface area contributed by atoms with Crippen LogP contribution in [0, 0.1) is 6.92 Å². The Hall–Kier alpha value is -0.820. The SMILES string of the molecule is [CH2]c1ccccc1C(C)[O]. The highest BCUT2D eigenvalue weighted by atomic mass is 16.3. The van der Waals surface area contributed by atoms with E-state index in [1.165, 1.54) is 0 Å². The topological polar surface area (TPSA) is 19.9 Å². The third kappa shape index (κ3) is 1.36. The molecule has 0 fully saturated rings. The fourth-order valence-corrected chi connectivity index (χ4v) is 0.931. The molecule has 2 radical (unpaired) electrons. The van der Waals surface area contributed by atoms with Crippen molar-refractivity contribution in [2.45, 2.75) is 13.0 Å². The highest BCUT2D eigenvalue weighted by Crippen LogP contribution is 2.15. The lowest BCUT2D eigenvalue weighted by molar-refractivity contribution is 0.106. The van der Waals surface area contributed by atoms with Crippen molar-refractivity contribution in [3.05, 3.63) is 42.3 Å². The first-order valence-corrected chi connectivity index (χ1v) is 3.28. The predicted octanol–water partition coefficient (Wildman–Crippen LogP) is 2.36. The average Bonchev–Trinajstić information content (AvgIpc) is 1.88. The third-order valence-corrected chi connectivity index (χ3v) is 1.49. The minimum atomic E-state index is -0.659. The van der Waals surface area contributed by atoms with Gasteiger partial charge in [0.1, 0.15) is 6.10 Å². The molecule has 0 bridgehead atoms. The molecule has 0 amide bonds. The van der Waals surface area contributed by atoms with Gasteiger partial charge in [-0.15, -0.1) is 0 Å². The molecule has 0 aliphatic carbocycles. The van der Waals surface area contributed by atoms with Gasteiger partial charge in [0.25, 0.3) is 0 Å². The molecule has 52 valence electrons. The van der Waals surface area contributed by atoms with Gasteiger partial charge in [-0.2, -0.15) is 0 Å². The Bertz CT molecular complexity index is 216. The van der Waals surface area contributed by atoms with E-state index in [-0.39, 0.29) is 0 Å². The summed E-state index contributed by atoms with van der Waals surface area (Å²) >= 11 is 0. The van der Waals surface area contributed by atoms with E-state index in [1.807, 2.05) is 24.3 Å². The molecule has 0 saturated heterocycles. The minimum Gasteiger partial charge on any atom is -0.228 e. The molecule has 1 aromatic carbocycles. The van der Waals surface area contributed by atoms with Crippen molar-refractivity contribution in [1.82, 2.24) is 0 Å². The average molecular weight is 134 g/mol. The summed E-state index contributed by atoms with van der Waals surface area (Å²) in [5.41, 5.74) is 1.63. The molecule has 0 saturated carbocycles. The van der Waals surface area contributed by atoms with Gasteiger partial charge in [0.05, 0.1) is 0 Å². The van der Waals surface area contributed by atoms with E-state index in [0.29, 0.717) is 0 Å². The Kier molecular flexibility index (Phi) is 2.07. The first kappa shape index (κ1) is 7.29. The smallest absolute Gasteiger partial charge is 0.115 e. The zero-order valence-electron chi connectivity index (χ0n) is 6.00. The quantitative estimate of drug-likeness (QED) is 0.562. The van der Waals surface area contributed by atoms with Gasteiger partial charge in [-0.1, -0.05) is 24.3 Å². The Morgan fingerprint density at radius 3 is 2.40 bits per heavy atom. The second kappa shape index (κ2) is 2.84. The van der Waals surface area contributed by atoms with Crippen molar-refractivity contribution in [2.75, 3.05) is 0 Å². The molecule has 1 atom stereocenters. The summed E-state index contributed by atoms with van der Waals surface area (Å²) in [5, 5.41) is 10.9. The zero-order valence-corrected chi connectivity index (χ0v) is 6.00. The van der Waals surface area contributed by atoms with Crippen molar-refractivity contribution < 1.29 is 5.11 Å². The van der Waals surface area contributed by atoms with Crippen LogP contribution in [0.1, 0.15) is 24.2 Å². The molecule has 0 aliphatic rings. The van der Waals surface area contributed by atoms with E-state index in [9.17, 15) is 5.11 Å². The van der Waals surface area contributed by atoms with Crippen LogP contribution in [-0.2, 0) is 5.11 Å². The maximum absolute atomic E-state index is 10.9. The van der Waals surface area contributed by atoms with Crippen LogP contribution < -0.4 is 0 Å². The van der Waals surface area contributed by atoms with Crippen LogP contribution in [-0.4, -0.2) is 0 Å². The van der Waals surface area contributed by atoms with E-state index < -0.39 is 6.10 Å². The van der Waals surface area contributed by atoms with Crippen LogP contribution in [0.25, 0.3) is 0 Å². The molecule has 0 heterocycles. The molecule has 1 aromatic rings. The van der Waals surface area contributed by atoms with E-state index in [4.69, 9.17) is 0 Å². The third-order valence-electron chi connectivity index (χ3n) is 1.49. The van der Waals surface area contributed by atoms with E-state index in [2.05, 4.69) is 6.92 Å². The van der Waals surface area contributed by atoms with Gasteiger partial charge in [0.2, 0.25) is 0 Å². The van der Waals surface area contributed by atoms with E-state index in [1.54, 1.807) is 6.92 Å². The Morgan fingerprint density at radius 2 is 2.00 bits per heavy atom. The van der Waals surface area contributed by atoms with Gasteiger partial charge >= 0.3 is 0 Å². The molecule has 0 aromatic heterocycles. The normalized spacial score (nSPS) is 13.1. The number of hydrogen-bond donors (Lipinski definition) is 0. The maximum atomic E-state index is 10.9. The van der Waals surface area contributed by atoms with E-state index >= 15 is 0 Å². The molecule has 1 rings (SSSR count). The van der Waals surface area contributed by atoms with Gasteiger partial charge in [-0.25, -0.2) is 5.11 Å². The zero-order chi connectivity index (χ0) is 7.56. The molecule has 0 aliphatic heterocycles. The van der Waals surface area contributed by atoms with Gasteiger partial charge in [-0.05, 0) is 25.0 Å². The fraction of sp³-hybridized carbons (Fsp3) is 0.222. The molecule has 1 heteroatoms. The standard InChI is InChI=1S/C9H10O/c1-7-5-3-4-6-9(7)8(2)10/h3-6,8H,1H2,2H3. The lowest BCUT2D eigenvalue weighted by Gasteiger charge is -2.04. The second-order valence-corrected chi connectivity index (χ2v) is 2.34. The molecular formula is C9H10O. The van der Waals surface area contributed by atoms with Gasteiger partial charge < -0.3 is 0 Å². The van der Waals surface area contributed by atoms with Crippen LogP contribution in [0.5, 0.6) is 0 Å². The van der Waals surface area contributed by atoms with Crippen LogP contribution in [0.2, 0.25) is 0 Å². The summed E-state index contributed by atoms with van der Waals surface area (Å²) in [6.45, 7) is 5.37.